The number of halogens is 2. The molecule has 8 heteroatoms. The first kappa shape index (κ1) is 18.5. The Morgan fingerprint density at radius 2 is 2.04 bits per heavy atom. The number of carbonyl (C=O) groups is 1. The third-order valence-corrected chi connectivity index (χ3v) is 4.64. The number of aliphatic carboxylic acids is 1. The number of nitrogens with zero attached hydrogens (tertiary/aromatic N) is 3. The molecule has 2 aromatic rings. The van der Waals surface area contributed by atoms with Crippen LogP contribution >= 0.6 is 11.6 Å². The van der Waals surface area contributed by atoms with Crippen molar-refractivity contribution >= 4 is 17.6 Å². The van der Waals surface area contributed by atoms with E-state index in [2.05, 4.69) is 9.97 Å². The first-order valence-electron chi connectivity index (χ1n) is 8.34. The average molecular weight is 380 g/mol. The van der Waals surface area contributed by atoms with Crippen molar-refractivity contribution in [1.29, 1.82) is 0 Å². The van der Waals surface area contributed by atoms with Crippen LogP contribution in [0.25, 0.3) is 0 Å². The molecule has 0 bridgehead atoms. The van der Waals surface area contributed by atoms with E-state index < -0.39 is 11.8 Å². The molecule has 1 fully saturated rings. The Labute approximate surface area is 155 Å². The molecule has 1 saturated heterocycles. The van der Waals surface area contributed by atoms with Gasteiger partial charge in [0.05, 0.1) is 6.54 Å². The Morgan fingerprint density at radius 3 is 2.73 bits per heavy atom. The molecule has 1 aromatic carbocycles. The number of hydrogen-bond donors (Lipinski definition) is 1. The largest absolute Gasteiger partial charge is 0.480 e. The Bertz CT molecular complexity index is 782. The quantitative estimate of drug-likeness (QED) is 0.831. The van der Waals surface area contributed by atoms with Crippen LogP contribution in [0, 0.1) is 5.82 Å². The fourth-order valence-electron chi connectivity index (χ4n) is 3.07. The van der Waals surface area contributed by atoms with Crippen molar-refractivity contribution in [2.24, 2.45) is 0 Å². The Kier molecular flexibility index (Phi) is 6.00. The van der Waals surface area contributed by atoms with Gasteiger partial charge in [-0.3, -0.25) is 14.7 Å². The van der Waals surface area contributed by atoms with E-state index in [4.69, 9.17) is 21.4 Å². The van der Waals surface area contributed by atoms with Crippen LogP contribution in [0.1, 0.15) is 30.0 Å². The number of ether oxygens (including phenoxy) is 1. The molecular weight excluding hydrogens is 361 g/mol. The number of carboxylic acid groups (broad SMARTS) is 1. The molecule has 0 spiro atoms. The summed E-state index contributed by atoms with van der Waals surface area (Å²) in [5.74, 6) is -0.723. The van der Waals surface area contributed by atoms with Crippen LogP contribution in [-0.4, -0.2) is 45.6 Å². The van der Waals surface area contributed by atoms with E-state index in [9.17, 15) is 9.18 Å². The van der Waals surface area contributed by atoms with E-state index in [0.29, 0.717) is 29.6 Å². The highest BCUT2D eigenvalue weighted by molar-refractivity contribution is 6.30. The highest BCUT2D eigenvalue weighted by Crippen LogP contribution is 2.31. The summed E-state index contributed by atoms with van der Waals surface area (Å²) in [6.45, 7) is 1.44. The molecule has 1 aliphatic heterocycles. The van der Waals surface area contributed by atoms with Gasteiger partial charge in [0.2, 0.25) is 5.88 Å². The summed E-state index contributed by atoms with van der Waals surface area (Å²) >= 11 is 5.76. The summed E-state index contributed by atoms with van der Waals surface area (Å²) in [4.78, 5) is 21.4. The van der Waals surface area contributed by atoms with E-state index in [1.54, 1.807) is 18.3 Å². The van der Waals surface area contributed by atoms with Crippen LogP contribution in [0.3, 0.4) is 0 Å². The molecule has 0 radical (unpaired) electrons. The lowest BCUT2D eigenvalue weighted by Crippen LogP contribution is -2.37. The number of likely N-dealkylation sites (tertiary alicyclic amines) is 1. The van der Waals surface area contributed by atoms with Crippen molar-refractivity contribution in [1.82, 2.24) is 14.9 Å². The molecule has 3 rings (SSSR count). The van der Waals surface area contributed by atoms with Crippen LogP contribution in [-0.2, 0) is 11.4 Å². The molecule has 1 aliphatic rings. The van der Waals surface area contributed by atoms with Gasteiger partial charge in [0.1, 0.15) is 18.1 Å². The number of rotatable bonds is 6. The topological polar surface area (TPSA) is 75.5 Å². The smallest absolute Gasteiger partial charge is 0.317 e. The van der Waals surface area contributed by atoms with Gasteiger partial charge < -0.3 is 9.84 Å². The fraction of sp³-hybridized carbons (Fsp3) is 0.389. The van der Waals surface area contributed by atoms with Gasteiger partial charge in [-0.25, -0.2) is 9.37 Å². The molecule has 0 aliphatic carbocycles. The molecule has 0 atom stereocenters. The lowest BCUT2D eigenvalue weighted by molar-refractivity contribution is -0.138. The number of benzene rings is 1. The van der Waals surface area contributed by atoms with Crippen LogP contribution in [0.15, 0.2) is 30.6 Å². The van der Waals surface area contributed by atoms with Crippen molar-refractivity contribution < 1.29 is 19.0 Å². The molecule has 1 aromatic heterocycles. The molecule has 26 heavy (non-hydrogen) atoms. The van der Waals surface area contributed by atoms with Gasteiger partial charge in [-0.1, -0.05) is 17.7 Å². The van der Waals surface area contributed by atoms with E-state index in [1.165, 1.54) is 12.3 Å². The molecule has 2 heterocycles. The van der Waals surface area contributed by atoms with Crippen molar-refractivity contribution in [3.63, 3.8) is 0 Å². The van der Waals surface area contributed by atoms with E-state index in [0.717, 1.165) is 18.5 Å². The minimum Gasteiger partial charge on any atom is -0.480 e. The summed E-state index contributed by atoms with van der Waals surface area (Å²) in [6.07, 6.45) is 4.70. The Balaban J connectivity index is 1.66. The predicted octanol–water partition coefficient (Wildman–Crippen LogP) is 3.11. The zero-order valence-corrected chi connectivity index (χ0v) is 14.8. The molecule has 0 unspecified atom stereocenters. The SMILES string of the molecule is O=C(O)CN1CCC(c2nccnc2OCc2ccc(Cl)cc2F)CC1. The van der Waals surface area contributed by atoms with Gasteiger partial charge in [0, 0.05) is 28.9 Å². The highest BCUT2D eigenvalue weighted by atomic mass is 35.5. The fourth-order valence-corrected chi connectivity index (χ4v) is 3.23. The van der Waals surface area contributed by atoms with Crippen LogP contribution in [0.4, 0.5) is 4.39 Å². The minimum absolute atomic E-state index is 0.0343. The maximum Gasteiger partial charge on any atom is 0.317 e. The minimum atomic E-state index is -0.822. The first-order valence-corrected chi connectivity index (χ1v) is 8.72. The highest BCUT2D eigenvalue weighted by Gasteiger charge is 2.26. The van der Waals surface area contributed by atoms with Crippen molar-refractivity contribution in [2.75, 3.05) is 19.6 Å². The molecule has 6 nitrogen and oxygen atoms in total. The summed E-state index contributed by atoms with van der Waals surface area (Å²) in [6, 6.07) is 4.44. The molecule has 0 amide bonds. The van der Waals surface area contributed by atoms with E-state index in [1.807, 2.05) is 4.90 Å². The van der Waals surface area contributed by atoms with Crippen LogP contribution in [0.5, 0.6) is 5.88 Å². The van der Waals surface area contributed by atoms with Gasteiger partial charge in [-0.05, 0) is 38.1 Å². The number of hydrogen-bond acceptors (Lipinski definition) is 5. The maximum atomic E-state index is 13.9. The van der Waals surface area contributed by atoms with Crippen molar-refractivity contribution in [3.8, 4) is 5.88 Å². The second kappa shape index (κ2) is 8.42. The van der Waals surface area contributed by atoms with Crippen LogP contribution < -0.4 is 4.74 Å². The second-order valence-corrected chi connectivity index (χ2v) is 6.65. The zero-order chi connectivity index (χ0) is 18.5. The standard InChI is InChI=1S/C18H19ClFN3O3/c19-14-2-1-13(15(20)9-14)11-26-18-17(21-5-6-22-18)12-3-7-23(8-4-12)10-16(24)25/h1-2,5-6,9,12H,3-4,7-8,10-11H2,(H,24,25). The number of aromatic nitrogens is 2. The molecule has 0 saturated carbocycles. The lowest BCUT2D eigenvalue weighted by atomic mass is 9.93. The van der Waals surface area contributed by atoms with E-state index in [-0.39, 0.29) is 19.1 Å². The first-order chi connectivity index (χ1) is 12.5. The van der Waals surface area contributed by atoms with Gasteiger partial charge in [0.25, 0.3) is 0 Å². The summed E-state index contributed by atoms with van der Waals surface area (Å²) in [7, 11) is 0. The molecule has 1 N–H and O–H groups in total. The average Bonchev–Trinajstić information content (AvgIpc) is 2.61. The summed E-state index contributed by atoms with van der Waals surface area (Å²) < 4.78 is 19.6. The van der Waals surface area contributed by atoms with Gasteiger partial charge in [-0.15, -0.1) is 0 Å². The summed E-state index contributed by atoms with van der Waals surface area (Å²) in [5, 5.41) is 9.22. The second-order valence-electron chi connectivity index (χ2n) is 6.22. The number of piperidine rings is 1. The van der Waals surface area contributed by atoms with Crippen molar-refractivity contribution in [2.45, 2.75) is 25.4 Å². The zero-order valence-electron chi connectivity index (χ0n) is 14.1. The van der Waals surface area contributed by atoms with E-state index >= 15 is 0 Å². The third-order valence-electron chi connectivity index (χ3n) is 4.40. The van der Waals surface area contributed by atoms with Gasteiger partial charge in [0.15, 0.2) is 0 Å². The van der Waals surface area contributed by atoms with Gasteiger partial charge >= 0.3 is 5.97 Å². The molecular formula is C18H19ClFN3O3. The molecule has 138 valence electrons. The van der Waals surface area contributed by atoms with Gasteiger partial charge in [-0.2, -0.15) is 0 Å². The maximum absolute atomic E-state index is 13.9. The normalized spacial score (nSPS) is 15.8. The summed E-state index contributed by atoms with van der Waals surface area (Å²) in [5.41, 5.74) is 1.12. The van der Waals surface area contributed by atoms with Crippen molar-refractivity contribution in [3.05, 3.63) is 52.7 Å². The van der Waals surface area contributed by atoms with Crippen LogP contribution in [0.2, 0.25) is 5.02 Å². The number of carboxylic acids is 1. The Morgan fingerprint density at radius 1 is 1.31 bits per heavy atom. The monoisotopic (exact) mass is 379 g/mol. The predicted molar refractivity (Wildman–Crippen MR) is 93.8 cm³/mol. The third kappa shape index (κ3) is 4.68. The Hall–Kier alpha value is -2.25. The lowest BCUT2D eigenvalue weighted by Gasteiger charge is -2.30.